The molecule has 7 nitrogen and oxygen atoms in total. The number of carbonyl (C=O) groups is 1. The molecule has 0 aliphatic carbocycles. The molecule has 26 heavy (non-hydrogen) atoms. The maximum absolute atomic E-state index is 12.5. The number of benzene rings is 1. The van der Waals surface area contributed by atoms with Gasteiger partial charge < -0.3 is 15.5 Å². The van der Waals surface area contributed by atoms with E-state index in [0.717, 1.165) is 25.9 Å². The van der Waals surface area contributed by atoms with E-state index in [-0.39, 0.29) is 11.9 Å². The lowest BCUT2D eigenvalue weighted by molar-refractivity contribution is 0.0937. The van der Waals surface area contributed by atoms with Crippen LogP contribution < -0.4 is 10.6 Å². The second-order valence-corrected chi connectivity index (χ2v) is 7.17. The highest BCUT2D eigenvalue weighted by Gasteiger charge is 2.20. The van der Waals surface area contributed by atoms with Crippen LogP contribution in [0, 0.1) is 6.92 Å². The van der Waals surface area contributed by atoms with Crippen molar-refractivity contribution in [3.8, 4) is 0 Å². The van der Waals surface area contributed by atoms with E-state index in [1.54, 1.807) is 6.20 Å². The van der Waals surface area contributed by atoms with Crippen LogP contribution in [0.25, 0.3) is 0 Å². The number of nitrogens with zero attached hydrogens (tertiary/aromatic N) is 4. The molecule has 1 fully saturated rings. The summed E-state index contributed by atoms with van der Waals surface area (Å²) in [5.74, 6) is -0.177. The van der Waals surface area contributed by atoms with Crippen LogP contribution in [0.1, 0.15) is 46.5 Å². The van der Waals surface area contributed by atoms with Crippen LogP contribution in [0.3, 0.4) is 0 Å². The van der Waals surface area contributed by atoms with Gasteiger partial charge in [-0.3, -0.25) is 4.79 Å². The molecule has 1 saturated heterocycles. The number of hydrogen-bond donors (Lipinski definition) is 2. The van der Waals surface area contributed by atoms with Crippen LogP contribution in [0.2, 0.25) is 0 Å². The van der Waals surface area contributed by atoms with E-state index in [0.29, 0.717) is 18.3 Å². The van der Waals surface area contributed by atoms with Gasteiger partial charge in [0.15, 0.2) is 5.69 Å². The summed E-state index contributed by atoms with van der Waals surface area (Å²) in [5.41, 5.74) is 2.79. The first-order valence-electron chi connectivity index (χ1n) is 9.18. The van der Waals surface area contributed by atoms with E-state index in [1.807, 2.05) is 18.8 Å². The van der Waals surface area contributed by atoms with Crippen LogP contribution in [0.5, 0.6) is 0 Å². The third kappa shape index (κ3) is 4.47. The van der Waals surface area contributed by atoms with E-state index in [9.17, 15) is 4.79 Å². The van der Waals surface area contributed by atoms with Crippen molar-refractivity contribution in [2.24, 2.45) is 0 Å². The SMILES string of the molecule is Cc1ccc(C(CNC(=O)c2cn(C3CCNCC3)nn2)N(C)C)cc1. The minimum atomic E-state index is -0.177. The van der Waals surface area contributed by atoms with Gasteiger partial charge in [-0.2, -0.15) is 0 Å². The molecule has 0 saturated carbocycles. The summed E-state index contributed by atoms with van der Waals surface area (Å²) in [5, 5.41) is 14.6. The van der Waals surface area contributed by atoms with Gasteiger partial charge in [0.05, 0.1) is 18.3 Å². The average molecular weight is 356 g/mol. The fourth-order valence-corrected chi connectivity index (χ4v) is 3.30. The summed E-state index contributed by atoms with van der Waals surface area (Å²) in [7, 11) is 4.04. The molecule has 1 aromatic carbocycles. The average Bonchev–Trinajstić information content (AvgIpc) is 3.14. The maximum atomic E-state index is 12.5. The lowest BCUT2D eigenvalue weighted by Crippen LogP contribution is -2.34. The Hall–Kier alpha value is -2.25. The number of likely N-dealkylation sites (N-methyl/N-ethyl adjacent to an activating group) is 1. The fourth-order valence-electron chi connectivity index (χ4n) is 3.30. The molecule has 1 atom stereocenters. The molecule has 1 aliphatic heterocycles. The highest BCUT2D eigenvalue weighted by molar-refractivity contribution is 5.91. The molecule has 1 amide bonds. The van der Waals surface area contributed by atoms with Gasteiger partial charge in [-0.25, -0.2) is 4.68 Å². The fraction of sp³-hybridized carbons (Fsp3) is 0.526. The maximum Gasteiger partial charge on any atom is 0.273 e. The number of aromatic nitrogens is 3. The Bertz CT molecular complexity index is 718. The first-order chi connectivity index (χ1) is 12.5. The Kier molecular flexibility index (Phi) is 6.00. The zero-order valence-corrected chi connectivity index (χ0v) is 15.8. The third-order valence-corrected chi connectivity index (χ3v) is 4.97. The number of rotatable bonds is 6. The molecule has 1 unspecified atom stereocenters. The molecule has 0 spiro atoms. The largest absolute Gasteiger partial charge is 0.349 e. The minimum absolute atomic E-state index is 0.110. The Morgan fingerprint density at radius 3 is 2.65 bits per heavy atom. The summed E-state index contributed by atoms with van der Waals surface area (Å²) < 4.78 is 1.83. The molecule has 7 heteroatoms. The van der Waals surface area contributed by atoms with E-state index in [2.05, 4.69) is 57.0 Å². The van der Waals surface area contributed by atoms with Crippen molar-refractivity contribution in [3.63, 3.8) is 0 Å². The van der Waals surface area contributed by atoms with Crippen molar-refractivity contribution in [2.45, 2.75) is 31.8 Å². The molecule has 2 heterocycles. The topological polar surface area (TPSA) is 75.1 Å². The number of hydrogen-bond acceptors (Lipinski definition) is 5. The molecule has 2 N–H and O–H groups in total. The van der Waals surface area contributed by atoms with E-state index in [1.165, 1.54) is 11.1 Å². The number of piperidine rings is 1. The molecular formula is C19H28N6O. The Balaban J connectivity index is 1.61. The van der Waals surface area contributed by atoms with Crippen LogP contribution in [0.4, 0.5) is 0 Å². The molecule has 1 aromatic heterocycles. The zero-order valence-electron chi connectivity index (χ0n) is 15.8. The van der Waals surface area contributed by atoms with Gasteiger partial charge in [0.1, 0.15) is 0 Å². The smallest absolute Gasteiger partial charge is 0.273 e. The number of aryl methyl sites for hydroxylation is 1. The predicted molar refractivity (Wildman–Crippen MR) is 101 cm³/mol. The molecule has 0 bridgehead atoms. The lowest BCUT2D eigenvalue weighted by atomic mass is 10.0. The lowest BCUT2D eigenvalue weighted by Gasteiger charge is -2.25. The Morgan fingerprint density at radius 1 is 1.31 bits per heavy atom. The van der Waals surface area contributed by atoms with Crippen LogP contribution in [-0.2, 0) is 0 Å². The highest BCUT2D eigenvalue weighted by atomic mass is 16.2. The van der Waals surface area contributed by atoms with Crippen LogP contribution in [0.15, 0.2) is 30.5 Å². The van der Waals surface area contributed by atoms with Crippen molar-refractivity contribution in [3.05, 3.63) is 47.3 Å². The predicted octanol–water partition coefficient (Wildman–Crippen LogP) is 1.54. The number of nitrogens with one attached hydrogen (secondary N) is 2. The van der Waals surface area contributed by atoms with E-state index in [4.69, 9.17) is 0 Å². The molecule has 140 valence electrons. The Morgan fingerprint density at radius 2 is 2.00 bits per heavy atom. The van der Waals surface area contributed by atoms with Gasteiger partial charge in [-0.15, -0.1) is 5.10 Å². The summed E-state index contributed by atoms with van der Waals surface area (Å²) in [6.45, 7) is 4.55. The van der Waals surface area contributed by atoms with Gasteiger partial charge in [-0.05, 0) is 52.5 Å². The van der Waals surface area contributed by atoms with Gasteiger partial charge in [-0.1, -0.05) is 35.0 Å². The van der Waals surface area contributed by atoms with Gasteiger partial charge in [0.2, 0.25) is 0 Å². The zero-order chi connectivity index (χ0) is 18.5. The molecule has 3 rings (SSSR count). The van der Waals surface area contributed by atoms with Gasteiger partial charge in [0, 0.05) is 6.54 Å². The van der Waals surface area contributed by atoms with Crippen molar-refractivity contribution in [1.29, 1.82) is 0 Å². The van der Waals surface area contributed by atoms with Crippen LogP contribution >= 0.6 is 0 Å². The first kappa shape index (κ1) is 18.5. The second kappa shape index (κ2) is 8.42. The second-order valence-electron chi connectivity index (χ2n) is 7.17. The summed E-state index contributed by atoms with van der Waals surface area (Å²) in [4.78, 5) is 14.6. The summed E-state index contributed by atoms with van der Waals surface area (Å²) in [6, 6.07) is 8.85. The summed E-state index contributed by atoms with van der Waals surface area (Å²) in [6.07, 6.45) is 3.79. The molecule has 1 aliphatic rings. The normalized spacial score (nSPS) is 16.6. The van der Waals surface area contributed by atoms with Crippen molar-refractivity contribution >= 4 is 5.91 Å². The van der Waals surface area contributed by atoms with Crippen molar-refractivity contribution in [2.75, 3.05) is 33.7 Å². The van der Waals surface area contributed by atoms with Crippen molar-refractivity contribution < 1.29 is 4.79 Å². The van der Waals surface area contributed by atoms with E-state index < -0.39 is 0 Å². The third-order valence-electron chi connectivity index (χ3n) is 4.97. The minimum Gasteiger partial charge on any atom is -0.349 e. The number of amides is 1. The first-order valence-corrected chi connectivity index (χ1v) is 9.18. The van der Waals surface area contributed by atoms with Crippen molar-refractivity contribution in [1.82, 2.24) is 30.5 Å². The van der Waals surface area contributed by atoms with Gasteiger partial charge >= 0.3 is 0 Å². The number of carbonyl (C=O) groups excluding carboxylic acids is 1. The highest BCUT2D eigenvalue weighted by Crippen LogP contribution is 2.19. The van der Waals surface area contributed by atoms with Gasteiger partial charge in [0.25, 0.3) is 5.91 Å². The quantitative estimate of drug-likeness (QED) is 0.821. The Labute approximate surface area is 154 Å². The van der Waals surface area contributed by atoms with E-state index >= 15 is 0 Å². The standard InChI is InChI=1S/C19H28N6O/c1-14-4-6-15(7-5-14)18(24(2)3)12-21-19(26)17-13-25(23-22-17)16-8-10-20-11-9-16/h4-7,13,16,18,20H,8-12H2,1-3H3,(H,21,26). The van der Waals surface area contributed by atoms with Crippen LogP contribution in [-0.4, -0.2) is 59.5 Å². The monoisotopic (exact) mass is 356 g/mol. The molecule has 2 aromatic rings. The molecular weight excluding hydrogens is 328 g/mol. The molecule has 0 radical (unpaired) electrons. The summed E-state index contributed by atoms with van der Waals surface area (Å²) >= 11 is 0.